The summed E-state index contributed by atoms with van der Waals surface area (Å²) in [7, 11) is 2.01. The Morgan fingerprint density at radius 2 is 1.94 bits per heavy atom. The van der Waals surface area contributed by atoms with Gasteiger partial charge in [0, 0.05) is 28.9 Å². The summed E-state index contributed by atoms with van der Waals surface area (Å²) in [6.45, 7) is 6.09. The van der Waals surface area contributed by atoms with Crippen molar-refractivity contribution in [3.8, 4) is 0 Å². The van der Waals surface area contributed by atoms with Crippen molar-refractivity contribution < 1.29 is 9.53 Å². The average molecular weight is 504 g/mol. The van der Waals surface area contributed by atoms with Crippen LogP contribution in [0.25, 0.3) is 11.8 Å². The number of aromatic nitrogens is 2. The third kappa shape index (κ3) is 4.02. The lowest BCUT2D eigenvalue weighted by molar-refractivity contribution is -0.138. The molecule has 5 rings (SSSR count). The second-order valence-corrected chi connectivity index (χ2v) is 10.3. The molecule has 0 saturated heterocycles. The molecule has 4 heterocycles. The number of ether oxygens (including phenoxy) is 1. The maximum Gasteiger partial charge on any atom is 0.338 e. The van der Waals surface area contributed by atoms with E-state index in [-0.39, 0.29) is 12.2 Å². The Morgan fingerprint density at radius 3 is 2.57 bits per heavy atom. The van der Waals surface area contributed by atoms with E-state index in [1.165, 1.54) is 22.7 Å². The predicted octanol–water partition coefficient (Wildman–Crippen LogP) is 3.95. The number of carbonyl (C=O) groups excluding carboxylic acids is 1. The van der Waals surface area contributed by atoms with Crippen LogP contribution >= 0.6 is 22.7 Å². The van der Waals surface area contributed by atoms with Gasteiger partial charge in [0.1, 0.15) is 6.04 Å². The molecule has 3 aromatic heterocycles. The first-order valence-corrected chi connectivity index (χ1v) is 13.0. The number of fused-ring (bicyclic) bond motifs is 1. The van der Waals surface area contributed by atoms with Crippen LogP contribution in [0, 0.1) is 13.8 Å². The molecule has 1 aliphatic heterocycles. The molecule has 0 N–H and O–H groups in total. The van der Waals surface area contributed by atoms with Crippen molar-refractivity contribution in [1.29, 1.82) is 0 Å². The van der Waals surface area contributed by atoms with Gasteiger partial charge in [0.25, 0.3) is 5.56 Å². The van der Waals surface area contributed by atoms with Crippen molar-refractivity contribution in [3.63, 3.8) is 0 Å². The van der Waals surface area contributed by atoms with Gasteiger partial charge in [0.15, 0.2) is 4.80 Å². The first-order valence-electron chi connectivity index (χ1n) is 11.4. The van der Waals surface area contributed by atoms with E-state index in [0.29, 0.717) is 20.6 Å². The monoisotopic (exact) mass is 503 g/mol. The number of carbonyl (C=O) groups is 1. The van der Waals surface area contributed by atoms with E-state index < -0.39 is 12.0 Å². The molecule has 6 nitrogen and oxygen atoms in total. The van der Waals surface area contributed by atoms with Crippen LogP contribution in [0.3, 0.4) is 0 Å². The molecule has 35 heavy (non-hydrogen) atoms. The Bertz CT molecular complexity index is 1620. The van der Waals surface area contributed by atoms with Crippen LogP contribution < -0.4 is 14.9 Å². The maximum atomic E-state index is 13.8. The molecule has 0 amide bonds. The minimum atomic E-state index is -0.610. The van der Waals surface area contributed by atoms with E-state index in [0.717, 1.165) is 27.4 Å². The number of hydrogen-bond acceptors (Lipinski definition) is 6. The van der Waals surface area contributed by atoms with Gasteiger partial charge in [-0.05, 0) is 49.9 Å². The highest BCUT2D eigenvalue weighted by Gasteiger charge is 2.35. The summed E-state index contributed by atoms with van der Waals surface area (Å²) in [4.78, 5) is 33.5. The molecule has 0 spiro atoms. The van der Waals surface area contributed by atoms with Gasteiger partial charge >= 0.3 is 5.97 Å². The SMILES string of the molecule is CCOC(=O)C1=C(c2ccccc2)N=c2s/c(=C/c3cc(C)n(C)c3C)c(=O)n2[C@@H]1c1cccs1. The maximum absolute atomic E-state index is 13.8. The molecule has 8 heteroatoms. The summed E-state index contributed by atoms with van der Waals surface area (Å²) in [5.74, 6) is -0.461. The normalized spacial score (nSPS) is 15.8. The first kappa shape index (κ1) is 23.3. The van der Waals surface area contributed by atoms with Gasteiger partial charge in [-0.25, -0.2) is 9.79 Å². The van der Waals surface area contributed by atoms with Crippen LogP contribution in [0.5, 0.6) is 0 Å². The summed E-state index contributed by atoms with van der Waals surface area (Å²) in [6.07, 6.45) is 1.92. The van der Waals surface area contributed by atoms with E-state index in [4.69, 9.17) is 9.73 Å². The Balaban J connectivity index is 1.82. The van der Waals surface area contributed by atoms with E-state index in [2.05, 4.69) is 10.6 Å². The number of nitrogens with zero attached hydrogens (tertiary/aromatic N) is 3. The van der Waals surface area contributed by atoms with Crippen molar-refractivity contribution in [2.45, 2.75) is 26.8 Å². The Morgan fingerprint density at radius 1 is 1.17 bits per heavy atom. The zero-order chi connectivity index (χ0) is 24.7. The number of esters is 1. The summed E-state index contributed by atoms with van der Waals surface area (Å²) in [5, 5.41) is 1.95. The molecule has 0 saturated carbocycles. The highest BCUT2D eigenvalue weighted by atomic mass is 32.1. The van der Waals surface area contributed by atoms with Crippen molar-refractivity contribution in [3.05, 3.63) is 107 Å². The number of benzene rings is 1. The van der Waals surface area contributed by atoms with Gasteiger partial charge in [-0.3, -0.25) is 9.36 Å². The van der Waals surface area contributed by atoms with Crippen molar-refractivity contribution >= 4 is 40.4 Å². The minimum absolute atomic E-state index is 0.165. The second-order valence-electron chi connectivity index (χ2n) is 8.33. The molecule has 0 bridgehead atoms. The van der Waals surface area contributed by atoms with Crippen LogP contribution in [-0.4, -0.2) is 21.7 Å². The van der Waals surface area contributed by atoms with Crippen LogP contribution in [0.2, 0.25) is 0 Å². The number of thiazole rings is 1. The molecular weight excluding hydrogens is 478 g/mol. The van der Waals surface area contributed by atoms with Crippen LogP contribution in [-0.2, 0) is 16.6 Å². The van der Waals surface area contributed by atoms with Gasteiger partial charge in [-0.15, -0.1) is 11.3 Å². The fourth-order valence-electron chi connectivity index (χ4n) is 4.33. The number of hydrogen-bond donors (Lipinski definition) is 0. The lowest BCUT2D eigenvalue weighted by atomic mass is 9.97. The molecule has 0 unspecified atom stereocenters. The quantitative estimate of drug-likeness (QED) is 0.388. The van der Waals surface area contributed by atoms with Gasteiger partial charge in [-0.2, -0.15) is 0 Å². The molecule has 178 valence electrons. The average Bonchev–Trinajstić information content (AvgIpc) is 3.56. The molecular formula is C27H25N3O3S2. The molecule has 0 fully saturated rings. The van der Waals surface area contributed by atoms with Gasteiger partial charge in [-0.1, -0.05) is 47.7 Å². The van der Waals surface area contributed by atoms with E-state index in [1.54, 1.807) is 11.5 Å². The summed E-state index contributed by atoms with van der Waals surface area (Å²) in [6, 6.07) is 14.9. The molecule has 1 aromatic carbocycles. The number of aryl methyl sites for hydroxylation is 1. The molecule has 4 aromatic rings. The largest absolute Gasteiger partial charge is 0.463 e. The Labute approximate surface area is 210 Å². The van der Waals surface area contributed by atoms with E-state index in [1.807, 2.05) is 74.8 Å². The van der Waals surface area contributed by atoms with Crippen molar-refractivity contribution in [1.82, 2.24) is 9.13 Å². The topological polar surface area (TPSA) is 65.6 Å². The highest BCUT2D eigenvalue weighted by Crippen LogP contribution is 2.36. The van der Waals surface area contributed by atoms with Crippen LogP contribution in [0.1, 0.15) is 40.4 Å². The Hall–Kier alpha value is -3.49. The van der Waals surface area contributed by atoms with Gasteiger partial charge < -0.3 is 9.30 Å². The number of rotatable bonds is 5. The molecule has 1 atom stereocenters. The minimum Gasteiger partial charge on any atom is -0.463 e. The fourth-order valence-corrected chi connectivity index (χ4v) is 6.14. The fraction of sp³-hybridized carbons (Fsp3) is 0.222. The van der Waals surface area contributed by atoms with Crippen LogP contribution in [0.4, 0.5) is 0 Å². The molecule has 1 aliphatic rings. The molecule has 0 radical (unpaired) electrons. The van der Waals surface area contributed by atoms with Crippen molar-refractivity contribution in [2.75, 3.05) is 6.61 Å². The standard InChI is InChI=1S/C27H25N3O3S2/c1-5-33-26(32)22-23(18-10-7-6-8-11-18)28-27-30(24(22)20-12-9-13-34-20)25(31)21(35-27)15-19-14-16(2)29(4)17(19)3/h6-15,24H,5H2,1-4H3/b21-15+/t24-/m1/s1. The zero-order valence-electron chi connectivity index (χ0n) is 19.9. The summed E-state index contributed by atoms with van der Waals surface area (Å²) < 4.78 is 9.80. The van der Waals surface area contributed by atoms with E-state index >= 15 is 0 Å². The van der Waals surface area contributed by atoms with E-state index in [9.17, 15) is 9.59 Å². The lowest BCUT2D eigenvalue weighted by Crippen LogP contribution is -2.39. The third-order valence-corrected chi connectivity index (χ3v) is 8.19. The predicted molar refractivity (Wildman–Crippen MR) is 140 cm³/mol. The summed E-state index contributed by atoms with van der Waals surface area (Å²) in [5.41, 5.74) is 4.77. The first-order chi connectivity index (χ1) is 16.9. The third-order valence-electron chi connectivity index (χ3n) is 6.29. The lowest BCUT2D eigenvalue weighted by Gasteiger charge is -2.24. The zero-order valence-corrected chi connectivity index (χ0v) is 21.6. The smallest absolute Gasteiger partial charge is 0.338 e. The van der Waals surface area contributed by atoms with Gasteiger partial charge in [0.2, 0.25) is 0 Å². The second kappa shape index (κ2) is 9.28. The van der Waals surface area contributed by atoms with Gasteiger partial charge in [0.05, 0.1) is 22.4 Å². The number of thiophene rings is 1. The van der Waals surface area contributed by atoms with Crippen molar-refractivity contribution in [2.24, 2.45) is 12.0 Å². The van der Waals surface area contributed by atoms with Crippen LogP contribution in [0.15, 0.2) is 69.3 Å². The highest BCUT2D eigenvalue weighted by molar-refractivity contribution is 7.10. The molecule has 0 aliphatic carbocycles. The summed E-state index contributed by atoms with van der Waals surface area (Å²) >= 11 is 2.85. The Kier molecular flexibility index (Phi) is 6.17.